The van der Waals surface area contributed by atoms with Crippen molar-refractivity contribution in [3.05, 3.63) is 34.2 Å². The highest BCUT2D eigenvalue weighted by molar-refractivity contribution is 5.93. The van der Waals surface area contributed by atoms with E-state index in [1.165, 1.54) is 27.8 Å². The quantitative estimate of drug-likeness (QED) is 0.781. The van der Waals surface area contributed by atoms with Gasteiger partial charge in [-0.25, -0.2) is 0 Å². The number of carbonyl (C=O) groups excluding carboxylic acids is 1. The maximum absolute atomic E-state index is 11.6. The number of aliphatic hydroxyl groups excluding tert-OH is 1. The molecule has 1 N–H and O–H groups in total. The van der Waals surface area contributed by atoms with E-state index in [0.717, 1.165) is 0 Å². The zero-order valence-corrected chi connectivity index (χ0v) is 9.67. The van der Waals surface area contributed by atoms with Crippen molar-refractivity contribution in [2.45, 2.75) is 19.6 Å². The smallest absolute Gasteiger partial charge is 0.254 e. The molecule has 0 fully saturated rings. The standard InChI is InChI=1S/C11H16N2O3/c1-8(14)6-13-7-9(4-5-10(13)15)11(16)12(2)3/h4-5,7-8,14H,6H2,1-3H3. The minimum absolute atomic E-state index is 0.167. The molecule has 5 nitrogen and oxygen atoms in total. The Bertz CT molecular complexity index is 435. The lowest BCUT2D eigenvalue weighted by Gasteiger charge is -2.13. The van der Waals surface area contributed by atoms with Gasteiger partial charge in [0.05, 0.1) is 18.2 Å². The lowest BCUT2D eigenvalue weighted by atomic mass is 10.2. The van der Waals surface area contributed by atoms with Gasteiger partial charge in [0, 0.05) is 26.4 Å². The van der Waals surface area contributed by atoms with Gasteiger partial charge in [0.2, 0.25) is 0 Å². The summed E-state index contributed by atoms with van der Waals surface area (Å²) in [6.45, 7) is 1.78. The van der Waals surface area contributed by atoms with Crippen molar-refractivity contribution in [2.24, 2.45) is 0 Å². The fourth-order valence-electron chi connectivity index (χ4n) is 1.34. The number of hydrogen-bond acceptors (Lipinski definition) is 3. The van der Waals surface area contributed by atoms with E-state index in [4.69, 9.17) is 0 Å². The highest BCUT2D eigenvalue weighted by Gasteiger charge is 2.10. The summed E-state index contributed by atoms with van der Waals surface area (Å²) in [7, 11) is 3.29. The Hall–Kier alpha value is -1.62. The second-order valence-corrected chi connectivity index (χ2v) is 3.96. The Kier molecular flexibility index (Phi) is 3.84. The lowest BCUT2D eigenvalue weighted by molar-refractivity contribution is 0.0826. The predicted molar refractivity (Wildman–Crippen MR) is 60.4 cm³/mol. The largest absolute Gasteiger partial charge is 0.392 e. The van der Waals surface area contributed by atoms with Crippen LogP contribution in [0.5, 0.6) is 0 Å². The summed E-state index contributed by atoms with van der Waals surface area (Å²) in [6, 6.07) is 2.82. The molecular formula is C11H16N2O3. The molecule has 1 amide bonds. The Labute approximate surface area is 93.9 Å². The van der Waals surface area contributed by atoms with E-state index in [1.54, 1.807) is 21.0 Å². The van der Waals surface area contributed by atoms with Crippen LogP contribution in [0.1, 0.15) is 17.3 Å². The number of amides is 1. The number of carbonyl (C=O) groups is 1. The summed E-state index contributed by atoms with van der Waals surface area (Å²) in [5.74, 6) is -0.167. The van der Waals surface area contributed by atoms with E-state index < -0.39 is 6.10 Å². The molecule has 0 aromatic carbocycles. The summed E-state index contributed by atoms with van der Waals surface area (Å²) < 4.78 is 1.33. The minimum atomic E-state index is -0.623. The van der Waals surface area contributed by atoms with Gasteiger partial charge in [0.1, 0.15) is 0 Å². The van der Waals surface area contributed by atoms with E-state index in [2.05, 4.69) is 0 Å². The zero-order chi connectivity index (χ0) is 12.3. The average Bonchev–Trinajstić information content (AvgIpc) is 2.19. The second-order valence-electron chi connectivity index (χ2n) is 3.96. The Balaban J connectivity index is 3.07. The van der Waals surface area contributed by atoms with E-state index >= 15 is 0 Å². The molecule has 5 heteroatoms. The Morgan fingerprint density at radius 3 is 2.62 bits per heavy atom. The minimum Gasteiger partial charge on any atom is -0.392 e. The van der Waals surface area contributed by atoms with Crippen LogP contribution in [-0.2, 0) is 6.54 Å². The summed E-state index contributed by atoms with van der Waals surface area (Å²) in [6.07, 6.45) is 0.847. The third-order valence-corrected chi connectivity index (χ3v) is 2.10. The van der Waals surface area contributed by atoms with Crippen LogP contribution in [0.4, 0.5) is 0 Å². The number of nitrogens with zero attached hydrogens (tertiary/aromatic N) is 2. The van der Waals surface area contributed by atoms with Crippen LogP contribution in [0.3, 0.4) is 0 Å². The molecule has 1 atom stereocenters. The number of aliphatic hydroxyl groups is 1. The van der Waals surface area contributed by atoms with Crippen LogP contribution < -0.4 is 5.56 Å². The van der Waals surface area contributed by atoms with Crippen LogP contribution in [0.2, 0.25) is 0 Å². The van der Waals surface area contributed by atoms with E-state index in [0.29, 0.717) is 5.56 Å². The van der Waals surface area contributed by atoms with Gasteiger partial charge in [0.25, 0.3) is 11.5 Å². The summed E-state index contributed by atoms with van der Waals surface area (Å²) in [5.41, 5.74) is 0.210. The van der Waals surface area contributed by atoms with Gasteiger partial charge in [0.15, 0.2) is 0 Å². The van der Waals surface area contributed by atoms with E-state index in [9.17, 15) is 14.7 Å². The Morgan fingerprint density at radius 2 is 2.12 bits per heavy atom. The third kappa shape index (κ3) is 2.93. The first-order valence-corrected chi connectivity index (χ1v) is 5.02. The molecule has 0 spiro atoms. The van der Waals surface area contributed by atoms with Crippen molar-refractivity contribution in [3.63, 3.8) is 0 Å². The predicted octanol–water partition coefficient (Wildman–Crippen LogP) is -0.0691. The molecule has 0 radical (unpaired) electrons. The van der Waals surface area contributed by atoms with Crippen LogP contribution in [0.15, 0.2) is 23.1 Å². The fraction of sp³-hybridized carbons (Fsp3) is 0.455. The summed E-state index contributed by atoms with van der Waals surface area (Å²) in [5, 5.41) is 9.21. The van der Waals surface area contributed by atoms with Gasteiger partial charge in [-0.15, -0.1) is 0 Å². The molecule has 1 unspecified atom stereocenters. The molecule has 0 aliphatic rings. The van der Waals surface area contributed by atoms with E-state index in [1.807, 2.05) is 0 Å². The molecule has 1 aromatic heterocycles. The molecular weight excluding hydrogens is 208 g/mol. The third-order valence-electron chi connectivity index (χ3n) is 2.10. The van der Waals surface area contributed by atoms with Crippen LogP contribution >= 0.6 is 0 Å². The monoisotopic (exact) mass is 224 g/mol. The summed E-state index contributed by atoms with van der Waals surface area (Å²) in [4.78, 5) is 24.5. The first-order chi connectivity index (χ1) is 7.41. The van der Waals surface area contributed by atoms with Crippen molar-refractivity contribution in [1.29, 1.82) is 0 Å². The molecule has 0 saturated carbocycles. The second kappa shape index (κ2) is 4.94. The molecule has 16 heavy (non-hydrogen) atoms. The van der Waals surface area contributed by atoms with Gasteiger partial charge < -0.3 is 14.6 Å². The van der Waals surface area contributed by atoms with Gasteiger partial charge in [-0.3, -0.25) is 9.59 Å². The SMILES string of the molecule is CC(O)Cn1cc(C(=O)N(C)C)ccc1=O. The van der Waals surface area contributed by atoms with Crippen molar-refractivity contribution in [2.75, 3.05) is 14.1 Å². The van der Waals surface area contributed by atoms with E-state index in [-0.39, 0.29) is 18.0 Å². The van der Waals surface area contributed by atoms with Gasteiger partial charge in [-0.2, -0.15) is 0 Å². The molecule has 1 aromatic rings. The van der Waals surface area contributed by atoms with Crippen molar-refractivity contribution in [3.8, 4) is 0 Å². The molecule has 88 valence electrons. The molecule has 0 aliphatic heterocycles. The summed E-state index contributed by atoms with van der Waals surface area (Å²) >= 11 is 0. The van der Waals surface area contributed by atoms with Crippen LogP contribution in [0.25, 0.3) is 0 Å². The number of rotatable bonds is 3. The molecule has 0 saturated heterocycles. The fourth-order valence-corrected chi connectivity index (χ4v) is 1.34. The topological polar surface area (TPSA) is 62.5 Å². The first kappa shape index (κ1) is 12.4. The van der Waals surface area contributed by atoms with Gasteiger partial charge in [-0.05, 0) is 13.0 Å². The molecule has 0 bridgehead atoms. The number of aromatic nitrogens is 1. The molecule has 0 aliphatic carbocycles. The van der Waals surface area contributed by atoms with Gasteiger partial charge >= 0.3 is 0 Å². The first-order valence-electron chi connectivity index (χ1n) is 5.02. The highest BCUT2D eigenvalue weighted by atomic mass is 16.3. The van der Waals surface area contributed by atoms with Crippen molar-refractivity contribution < 1.29 is 9.90 Å². The van der Waals surface area contributed by atoms with Crippen molar-refractivity contribution in [1.82, 2.24) is 9.47 Å². The maximum Gasteiger partial charge on any atom is 0.254 e. The number of pyridine rings is 1. The van der Waals surface area contributed by atoms with Crippen LogP contribution in [0, 0.1) is 0 Å². The molecule has 1 rings (SSSR count). The number of hydrogen-bond donors (Lipinski definition) is 1. The van der Waals surface area contributed by atoms with Crippen LogP contribution in [-0.4, -0.2) is 40.7 Å². The Morgan fingerprint density at radius 1 is 1.50 bits per heavy atom. The lowest BCUT2D eigenvalue weighted by Crippen LogP contribution is -2.28. The average molecular weight is 224 g/mol. The van der Waals surface area contributed by atoms with Crippen molar-refractivity contribution >= 4 is 5.91 Å². The molecule has 1 heterocycles. The van der Waals surface area contributed by atoms with Gasteiger partial charge in [-0.1, -0.05) is 0 Å². The zero-order valence-electron chi connectivity index (χ0n) is 9.67. The highest BCUT2D eigenvalue weighted by Crippen LogP contribution is 2.00. The maximum atomic E-state index is 11.6. The normalized spacial score (nSPS) is 12.2.